The van der Waals surface area contributed by atoms with Crippen LogP contribution in [-0.4, -0.2) is 55.2 Å². The molecule has 1 aliphatic rings. The van der Waals surface area contributed by atoms with E-state index in [4.69, 9.17) is 25.8 Å². The van der Waals surface area contributed by atoms with Crippen LogP contribution in [0.4, 0.5) is 11.4 Å². The molecule has 0 unspecified atom stereocenters. The van der Waals surface area contributed by atoms with Gasteiger partial charge in [0.05, 0.1) is 55.2 Å². The third-order valence-electron chi connectivity index (χ3n) is 5.18. The summed E-state index contributed by atoms with van der Waals surface area (Å²) in [4.78, 5) is 15.2. The SMILES string of the molecule is CCOc1cc(N2CCOCC2)c(OCC)cc1NC(=O)c1cnn(-c2cccc(Cl)c2)c1. The average Bonchev–Trinajstić information content (AvgIpc) is 3.32. The van der Waals surface area contributed by atoms with Gasteiger partial charge in [-0.2, -0.15) is 5.10 Å². The van der Waals surface area contributed by atoms with E-state index in [1.807, 2.05) is 38.1 Å². The summed E-state index contributed by atoms with van der Waals surface area (Å²) in [5.41, 5.74) is 2.64. The first kappa shape index (κ1) is 22.9. The number of rotatable bonds is 8. The van der Waals surface area contributed by atoms with Gasteiger partial charge in [-0.15, -0.1) is 0 Å². The number of nitrogens with one attached hydrogen (secondary N) is 1. The van der Waals surface area contributed by atoms with E-state index < -0.39 is 0 Å². The maximum absolute atomic E-state index is 13.0. The Morgan fingerprint density at radius 3 is 2.61 bits per heavy atom. The van der Waals surface area contributed by atoms with Crippen molar-refractivity contribution in [1.82, 2.24) is 9.78 Å². The van der Waals surface area contributed by atoms with Gasteiger partial charge in [0.1, 0.15) is 11.5 Å². The zero-order chi connectivity index (χ0) is 23.2. The van der Waals surface area contributed by atoms with Crippen LogP contribution < -0.4 is 19.7 Å². The van der Waals surface area contributed by atoms with E-state index in [0.29, 0.717) is 54.2 Å². The van der Waals surface area contributed by atoms with Crippen LogP contribution in [0.1, 0.15) is 24.2 Å². The molecule has 0 saturated carbocycles. The Kier molecular flexibility index (Phi) is 7.36. The Bertz CT molecular complexity index is 1110. The lowest BCUT2D eigenvalue weighted by Crippen LogP contribution is -2.36. The van der Waals surface area contributed by atoms with Crippen molar-refractivity contribution in [2.24, 2.45) is 0 Å². The first-order chi connectivity index (χ1) is 16.1. The molecule has 0 aliphatic carbocycles. The molecule has 8 nitrogen and oxygen atoms in total. The highest BCUT2D eigenvalue weighted by molar-refractivity contribution is 6.30. The van der Waals surface area contributed by atoms with Crippen molar-refractivity contribution < 1.29 is 19.0 Å². The highest BCUT2D eigenvalue weighted by atomic mass is 35.5. The summed E-state index contributed by atoms with van der Waals surface area (Å²) in [5, 5.41) is 7.84. The van der Waals surface area contributed by atoms with Crippen LogP contribution in [0.25, 0.3) is 5.69 Å². The molecule has 1 aromatic heterocycles. The number of morpholine rings is 1. The standard InChI is InChI=1S/C24H27ClN4O4/c1-3-32-22-14-21(28-8-10-31-11-9-28)23(33-4-2)13-20(22)27-24(30)17-15-26-29(16-17)19-7-5-6-18(25)12-19/h5-7,12-16H,3-4,8-11H2,1-2H3,(H,27,30). The second-order valence-electron chi connectivity index (χ2n) is 7.39. The summed E-state index contributed by atoms with van der Waals surface area (Å²) in [6.07, 6.45) is 3.18. The lowest BCUT2D eigenvalue weighted by molar-refractivity contribution is 0.102. The highest BCUT2D eigenvalue weighted by Crippen LogP contribution is 2.39. The molecular weight excluding hydrogens is 444 g/mol. The van der Waals surface area contributed by atoms with Gasteiger partial charge in [-0.05, 0) is 32.0 Å². The molecule has 1 aliphatic heterocycles. The predicted octanol–water partition coefficient (Wildman–Crippen LogP) is 4.41. The van der Waals surface area contributed by atoms with Crippen molar-refractivity contribution in [2.45, 2.75) is 13.8 Å². The van der Waals surface area contributed by atoms with Crippen molar-refractivity contribution in [3.05, 3.63) is 59.4 Å². The number of amides is 1. The molecule has 3 aromatic rings. The summed E-state index contributed by atoms with van der Waals surface area (Å²) in [7, 11) is 0. The first-order valence-corrected chi connectivity index (χ1v) is 11.3. The number of carbonyl (C=O) groups excluding carboxylic acids is 1. The second-order valence-corrected chi connectivity index (χ2v) is 7.83. The van der Waals surface area contributed by atoms with Crippen LogP contribution in [0.15, 0.2) is 48.8 Å². The minimum absolute atomic E-state index is 0.300. The van der Waals surface area contributed by atoms with Crippen LogP contribution >= 0.6 is 11.6 Å². The highest BCUT2D eigenvalue weighted by Gasteiger charge is 2.21. The predicted molar refractivity (Wildman–Crippen MR) is 128 cm³/mol. The molecule has 4 rings (SSSR count). The van der Waals surface area contributed by atoms with E-state index in [9.17, 15) is 4.79 Å². The molecule has 0 spiro atoms. The summed E-state index contributed by atoms with van der Waals surface area (Å²) >= 11 is 6.07. The lowest BCUT2D eigenvalue weighted by Gasteiger charge is -2.31. The Morgan fingerprint density at radius 2 is 1.88 bits per heavy atom. The van der Waals surface area contributed by atoms with Crippen molar-refractivity contribution in [3.63, 3.8) is 0 Å². The number of nitrogens with zero attached hydrogens (tertiary/aromatic N) is 3. The van der Waals surface area contributed by atoms with E-state index in [-0.39, 0.29) is 5.91 Å². The van der Waals surface area contributed by atoms with Gasteiger partial charge >= 0.3 is 0 Å². The first-order valence-electron chi connectivity index (χ1n) is 11.0. The van der Waals surface area contributed by atoms with Crippen molar-refractivity contribution in [3.8, 4) is 17.2 Å². The molecular formula is C24H27ClN4O4. The zero-order valence-corrected chi connectivity index (χ0v) is 19.5. The summed E-state index contributed by atoms with van der Waals surface area (Å²) in [6.45, 7) is 7.65. The fourth-order valence-corrected chi connectivity index (χ4v) is 3.82. The number of hydrogen-bond donors (Lipinski definition) is 1. The minimum Gasteiger partial charge on any atom is -0.492 e. The smallest absolute Gasteiger partial charge is 0.258 e. The van der Waals surface area contributed by atoms with Gasteiger partial charge in [0.15, 0.2) is 0 Å². The number of ether oxygens (including phenoxy) is 3. The molecule has 2 heterocycles. The Morgan fingerprint density at radius 1 is 1.12 bits per heavy atom. The molecule has 1 saturated heterocycles. The van der Waals surface area contributed by atoms with Crippen LogP contribution in [0.2, 0.25) is 5.02 Å². The van der Waals surface area contributed by atoms with Crippen LogP contribution in [-0.2, 0) is 4.74 Å². The summed E-state index contributed by atoms with van der Waals surface area (Å²) < 4.78 is 18.9. The summed E-state index contributed by atoms with van der Waals surface area (Å²) in [5.74, 6) is 0.969. The van der Waals surface area contributed by atoms with Crippen LogP contribution in [0.5, 0.6) is 11.5 Å². The van der Waals surface area contributed by atoms with E-state index in [0.717, 1.165) is 24.5 Å². The fourth-order valence-electron chi connectivity index (χ4n) is 3.64. The molecule has 1 fully saturated rings. The number of anilines is 2. The molecule has 1 amide bonds. The third kappa shape index (κ3) is 5.40. The van der Waals surface area contributed by atoms with Gasteiger partial charge in [-0.25, -0.2) is 4.68 Å². The maximum Gasteiger partial charge on any atom is 0.258 e. The Labute approximate surface area is 198 Å². The molecule has 33 heavy (non-hydrogen) atoms. The van der Waals surface area contributed by atoms with Gasteiger partial charge in [0.25, 0.3) is 5.91 Å². The molecule has 174 valence electrons. The van der Waals surface area contributed by atoms with Crippen LogP contribution in [0, 0.1) is 0 Å². The molecule has 1 N–H and O–H groups in total. The molecule has 0 radical (unpaired) electrons. The lowest BCUT2D eigenvalue weighted by atomic mass is 10.2. The zero-order valence-electron chi connectivity index (χ0n) is 18.7. The Hall–Kier alpha value is -3.23. The topological polar surface area (TPSA) is 77.8 Å². The van der Waals surface area contributed by atoms with E-state index in [1.165, 1.54) is 6.20 Å². The normalized spacial score (nSPS) is 13.6. The van der Waals surface area contributed by atoms with Gasteiger partial charge < -0.3 is 24.4 Å². The maximum atomic E-state index is 13.0. The summed E-state index contributed by atoms with van der Waals surface area (Å²) in [6, 6.07) is 11.0. The third-order valence-corrected chi connectivity index (χ3v) is 5.41. The van der Waals surface area contributed by atoms with Crippen molar-refractivity contribution in [2.75, 3.05) is 49.7 Å². The number of aromatic nitrogens is 2. The van der Waals surface area contributed by atoms with Crippen molar-refractivity contribution in [1.29, 1.82) is 0 Å². The number of halogens is 1. The Balaban J connectivity index is 1.61. The average molecular weight is 471 g/mol. The molecule has 0 bridgehead atoms. The minimum atomic E-state index is -0.300. The molecule has 2 aromatic carbocycles. The largest absolute Gasteiger partial charge is 0.492 e. The van der Waals surface area contributed by atoms with E-state index in [2.05, 4.69) is 15.3 Å². The van der Waals surface area contributed by atoms with E-state index in [1.54, 1.807) is 23.0 Å². The second kappa shape index (κ2) is 10.6. The van der Waals surface area contributed by atoms with Gasteiger partial charge in [-0.3, -0.25) is 4.79 Å². The number of hydrogen-bond acceptors (Lipinski definition) is 6. The molecule has 9 heteroatoms. The monoisotopic (exact) mass is 470 g/mol. The van der Waals surface area contributed by atoms with Crippen molar-refractivity contribution >= 4 is 28.9 Å². The van der Waals surface area contributed by atoms with Gasteiger partial charge in [0.2, 0.25) is 0 Å². The van der Waals surface area contributed by atoms with E-state index >= 15 is 0 Å². The number of carbonyl (C=O) groups is 1. The fraction of sp³-hybridized carbons (Fsp3) is 0.333. The quantitative estimate of drug-likeness (QED) is 0.525. The van der Waals surface area contributed by atoms with Gasteiger partial charge in [-0.1, -0.05) is 17.7 Å². The number of benzene rings is 2. The molecule has 0 atom stereocenters. The van der Waals surface area contributed by atoms with Gasteiger partial charge in [0, 0.05) is 36.4 Å². The van der Waals surface area contributed by atoms with Crippen LogP contribution in [0.3, 0.4) is 0 Å².